The van der Waals surface area contributed by atoms with Crippen molar-refractivity contribution < 1.29 is 21.7 Å². The summed E-state index contributed by atoms with van der Waals surface area (Å²) in [4.78, 5) is 13.6. The minimum atomic E-state index is -0.0659. The predicted molar refractivity (Wildman–Crippen MR) is 58.6 cm³/mol. The van der Waals surface area contributed by atoms with Crippen molar-refractivity contribution in [2.45, 2.75) is 0 Å². The van der Waals surface area contributed by atoms with Gasteiger partial charge in [-0.3, -0.25) is 4.90 Å². The molecule has 16 heavy (non-hydrogen) atoms. The Labute approximate surface area is 103 Å². The van der Waals surface area contributed by atoms with Crippen molar-refractivity contribution >= 4 is 6.03 Å². The molecule has 0 radical (unpaired) electrons. The van der Waals surface area contributed by atoms with Gasteiger partial charge >= 0.3 is 6.03 Å². The monoisotopic (exact) mass is 248 g/mol. The highest BCUT2D eigenvalue weighted by Gasteiger charge is 2.37. The van der Waals surface area contributed by atoms with Crippen molar-refractivity contribution in [2.24, 2.45) is 0 Å². The van der Waals surface area contributed by atoms with E-state index in [9.17, 15) is 4.79 Å². The second kappa shape index (κ2) is 5.70. The molecular weight excluding hydrogens is 228 g/mol. The van der Waals surface area contributed by atoms with Crippen LogP contribution in [0.3, 0.4) is 0 Å². The lowest BCUT2D eigenvalue weighted by Gasteiger charge is -2.50. The average molecular weight is 249 g/mol. The Hall–Kier alpha value is -0.520. The summed E-state index contributed by atoms with van der Waals surface area (Å²) in [7, 11) is 1.65. The predicted octanol–water partition coefficient (Wildman–Crippen LogP) is -3.93. The summed E-state index contributed by atoms with van der Waals surface area (Å²) in [6.07, 6.45) is 0. The molecule has 6 heteroatoms. The average Bonchev–Trinajstić information content (AvgIpc) is 2.31. The van der Waals surface area contributed by atoms with E-state index < -0.39 is 0 Å². The van der Waals surface area contributed by atoms with Crippen LogP contribution in [0.25, 0.3) is 0 Å². The first-order valence-electron chi connectivity index (χ1n) is 5.77. The molecule has 0 aliphatic carbocycles. The van der Waals surface area contributed by atoms with Gasteiger partial charge in [0.25, 0.3) is 0 Å². The molecule has 0 spiro atoms. The van der Waals surface area contributed by atoms with Crippen molar-refractivity contribution in [1.29, 1.82) is 0 Å². The van der Waals surface area contributed by atoms with Gasteiger partial charge in [0.1, 0.15) is 0 Å². The first kappa shape index (κ1) is 13.5. The number of nitrogens with zero attached hydrogens (tertiary/aromatic N) is 2. The fourth-order valence-electron chi connectivity index (χ4n) is 2.56. The van der Waals surface area contributed by atoms with Crippen LogP contribution in [0, 0.1) is 0 Å². The molecule has 0 atom stereocenters. The summed E-state index contributed by atoms with van der Waals surface area (Å²) in [5, 5.41) is 5.45. The van der Waals surface area contributed by atoms with Gasteiger partial charge in [-0.2, -0.15) is 0 Å². The standard InChI is InChI=1S/C10H20N4O.ClH/c1-11-10(15)12-2-6-14-7-3-13(4-8-14)5-9-14;/h2-9H2,1H3,(H-,11,12,15);1H. The van der Waals surface area contributed by atoms with Gasteiger partial charge in [-0.1, -0.05) is 0 Å². The Bertz CT molecular complexity index is 227. The van der Waals surface area contributed by atoms with Gasteiger partial charge in [0.2, 0.25) is 0 Å². The summed E-state index contributed by atoms with van der Waals surface area (Å²) in [6.45, 7) is 9.36. The molecule has 2 N–H and O–H groups in total. The van der Waals surface area contributed by atoms with Gasteiger partial charge < -0.3 is 27.5 Å². The highest BCUT2D eigenvalue weighted by molar-refractivity contribution is 5.73. The smallest absolute Gasteiger partial charge is 0.314 e. The van der Waals surface area contributed by atoms with E-state index in [-0.39, 0.29) is 18.4 Å². The number of nitrogens with one attached hydrogen (secondary N) is 2. The third-order valence-electron chi connectivity index (χ3n) is 3.77. The summed E-state index contributed by atoms with van der Waals surface area (Å²) < 4.78 is 1.21. The molecule has 0 saturated carbocycles. The molecule has 0 aromatic heterocycles. The third kappa shape index (κ3) is 2.99. The quantitative estimate of drug-likeness (QED) is 0.501. The van der Waals surface area contributed by atoms with Crippen LogP contribution in [-0.4, -0.2) is 74.8 Å². The van der Waals surface area contributed by atoms with Crippen LogP contribution in [0.1, 0.15) is 0 Å². The number of carbonyl (C=O) groups is 1. The molecule has 0 aromatic carbocycles. The zero-order chi connectivity index (χ0) is 10.7. The van der Waals surface area contributed by atoms with E-state index in [0.717, 1.165) is 13.1 Å². The summed E-state index contributed by atoms with van der Waals surface area (Å²) in [6, 6.07) is -0.0659. The fraction of sp³-hybridized carbons (Fsp3) is 0.900. The molecule has 0 unspecified atom stereocenters. The minimum absolute atomic E-state index is 0. The summed E-state index contributed by atoms with van der Waals surface area (Å²) in [5.41, 5.74) is 0. The van der Waals surface area contributed by atoms with Crippen LogP contribution in [0.15, 0.2) is 0 Å². The molecule has 3 aliphatic rings. The Morgan fingerprint density at radius 1 is 1.25 bits per heavy atom. The van der Waals surface area contributed by atoms with Crippen LogP contribution >= 0.6 is 0 Å². The summed E-state index contributed by atoms with van der Waals surface area (Å²) in [5.74, 6) is 0. The van der Waals surface area contributed by atoms with Crippen LogP contribution < -0.4 is 23.0 Å². The van der Waals surface area contributed by atoms with Crippen LogP contribution in [0.2, 0.25) is 0 Å². The van der Waals surface area contributed by atoms with Crippen LogP contribution in [0.4, 0.5) is 4.79 Å². The Kier molecular flexibility index (Phi) is 4.83. The number of halogens is 1. The van der Waals surface area contributed by atoms with E-state index in [0.29, 0.717) is 0 Å². The van der Waals surface area contributed by atoms with E-state index in [1.54, 1.807) is 7.05 Å². The fourth-order valence-corrected chi connectivity index (χ4v) is 2.56. The number of piperazine rings is 3. The maximum atomic E-state index is 11.0. The first-order valence-corrected chi connectivity index (χ1v) is 5.77. The first-order chi connectivity index (χ1) is 7.24. The number of fused-ring (bicyclic) bond motifs is 3. The number of hydrogen-bond donors (Lipinski definition) is 2. The van der Waals surface area contributed by atoms with Gasteiger partial charge in [0, 0.05) is 26.7 Å². The highest BCUT2D eigenvalue weighted by Crippen LogP contribution is 2.18. The number of quaternary nitrogens is 1. The minimum Gasteiger partial charge on any atom is -1.00 e. The molecular formula is C10H21ClN4O. The maximum Gasteiger partial charge on any atom is 0.314 e. The van der Waals surface area contributed by atoms with Gasteiger partial charge in [-0.25, -0.2) is 4.79 Å². The molecule has 94 valence electrons. The van der Waals surface area contributed by atoms with Crippen molar-refractivity contribution in [3.8, 4) is 0 Å². The normalized spacial score (nSPS) is 31.7. The molecule has 2 amide bonds. The molecule has 5 nitrogen and oxygen atoms in total. The SMILES string of the molecule is CNC(=O)NCC[N+]12CCN(CC1)CC2.[Cl-]. The van der Waals surface area contributed by atoms with Crippen molar-refractivity contribution in [3.63, 3.8) is 0 Å². The number of urea groups is 1. The van der Waals surface area contributed by atoms with E-state index in [2.05, 4.69) is 15.5 Å². The number of rotatable bonds is 3. The molecule has 3 heterocycles. The van der Waals surface area contributed by atoms with Gasteiger partial charge in [0.15, 0.2) is 0 Å². The van der Waals surface area contributed by atoms with Gasteiger partial charge in [0.05, 0.1) is 32.7 Å². The zero-order valence-corrected chi connectivity index (χ0v) is 10.6. The topological polar surface area (TPSA) is 44.4 Å². The van der Waals surface area contributed by atoms with Crippen molar-refractivity contribution in [3.05, 3.63) is 0 Å². The lowest BCUT2D eigenvalue weighted by molar-refractivity contribution is -0.939. The lowest BCUT2D eigenvalue weighted by Crippen LogP contribution is -3.00. The van der Waals surface area contributed by atoms with Gasteiger partial charge in [-0.15, -0.1) is 0 Å². The largest absolute Gasteiger partial charge is 1.00 e. The lowest BCUT2D eigenvalue weighted by atomic mass is 10.1. The second-order valence-corrected chi connectivity index (χ2v) is 4.58. The maximum absolute atomic E-state index is 11.0. The van der Waals surface area contributed by atoms with Crippen LogP contribution in [-0.2, 0) is 0 Å². The highest BCUT2D eigenvalue weighted by atomic mass is 35.5. The van der Waals surface area contributed by atoms with E-state index in [1.807, 2.05) is 0 Å². The van der Waals surface area contributed by atoms with Crippen LogP contribution in [0.5, 0.6) is 0 Å². The van der Waals surface area contributed by atoms with Crippen molar-refractivity contribution in [1.82, 2.24) is 15.5 Å². The molecule has 0 aromatic rings. The number of hydrogen-bond acceptors (Lipinski definition) is 2. The Balaban J connectivity index is 0.00000128. The van der Waals surface area contributed by atoms with E-state index in [4.69, 9.17) is 0 Å². The number of amides is 2. The number of carbonyl (C=O) groups excluding carboxylic acids is 1. The molecule has 2 bridgehead atoms. The third-order valence-corrected chi connectivity index (χ3v) is 3.77. The molecule has 3 rings (SSSR count). The van der Waals surface area contributed by atoms with Crippen molar-refractivity contribution in [2.75, 3.05) is 59.4 Å². The Morgan fingerprint density at radius 3 is 2.31 bits per heavy atom. The summed E-state index contributed by atoms with van der Waals surface area (Å²) >= 11 is 0. The molecule has 3 saturated heterocycles. The molecule has 3 aliphatic heterocycles. The van der Waals surface area contributed by atoms with E-state index >= 15 is 0 Å². The molecule has 3 fully saturated rings. The Morgan fingerprint density at radius 2 is 1.81 bits per heavy atom. The second-order valence-electron chi connectivity index (χ2n) is 4.58. The zero-order valence-electron chi connectivity index (χ0n) is 9.84. The van der Waals surface area contributed by atoms with E-state index in [1.165, 1.54) is 43.8 Å². The van der Waals surface area contributed by atoms with Gasteiger partial charge in [-0.05, 0) is 0 Å².